The van der Waals surface area contributed by atoms with E-state index in [1.54, 1.807) is 12.1 Å². The SMILES string of the molecule is O=C1CN=C(c2ccc(NC(=O)c3c(O)[nH]c(=O)[nH]c3=O)cc2)N1. The molecule has 1 aliphatic rings. The van der Waals surface area contributed by atoms with Gasteiger partial charge >= 0.3 is 5.69 Å². The number of carbonyl (C=O) groups is 2. The summed E-state index contributed by atoms with van der Waals surface area (Å²) in [5.41, 5.74) is -1.53. The van der Waals surface area contributed by atoms with Crippen molar-refractivity contribution in [1.29, 1.82) is 0 Å². The highest BCUT2D eigenvalue weighted by Gasteiger charge is 2.18. The van der Waals surface area contributed by atoms with Gasteiger partial charge in [0.1, 0.15) is 12.4 Å². The van der Waals surface area contributed by atoms with Crippen LogP contribution in [0, 0.1) is 0 Å². The zero-order valence-corrected chi connectivity index (χ0v) is 12.0. The molecular formula is C14H11N5O5. The monoisotopic (exact) mass is 329 g/mol. The lowest BCUT2D eigenvalue weighted by molar-refractivity contribution is -0.117. The first-order valence-electron chi connectivity index (χ1n) is 6.75. The summed E-state index contributed by atoms with van der Waals surface area (Å²) in [6, 6.07) is 6.32. The van der Waals surface area contributed by atoms with Crippen molar-refractivity contribution in [3.63, 3.8) is 0 Å². The molecule has 5 N–H and O–H groups in total. The van der Waals surface area contributed by atoms with E-state index in [-0.39, 0.29) is 12.5 Å². The van der Waals surface area contributed by atoms with Crippen LogP contribution in [0.25, 0.3) is 0 Å². The number of aromatic amines is 2. The third-order valence-electron chi connectivity index (χ3n) is 3.20. The van der Waals surface area contributed by atoms with Gasteiger partial charge < -0.3 is 15.7 Å². The highest BCUT2D eigenvalue weighted by atomic mass is 16.3. The molecule has 10 nitrogen and oxygen atoms in total. The van der Waals surface area contributed by atoms with Gasteiger partial charge in [0.2, 0.25) is 11.8 Å². The molecule has 0 saturated heterocycles. The standard InChI is InChI=1S/C14H11N5O5/c20-8-5-15-10(17-8)6-1-3-7(4-2-6)16-11(21)9-12(22)18-14(24)19-13(9)23/h1-4H,5H2,(H,16,21)(H,15,17,20)(H3,18,19,22,23,24). The molecule has 2 aromatic rings. The number of aromatic nitrogens is 2. The van der Waals surface area contributed by atoms with Gasteiger partial charge in [-0.1, -0.05) is 0 Å². The second kappa shape index (κ2) is 5.83. The summed E-state index contributed by atoms with van der Waals surface area (Å²) in [7, 11) is 0. The van der Waals surface area contributed by atoms with Crippen LogP contribution in [0.3, 0.4) is 0 Å². The van der Waals surface area contributed by atoms with E-state index < -0.39 is 28.6 Å². The summed E-state index contributed by atoms with van der Waals surface area (Å²) >= 11 is 0. The molecule has 2 heterocycles. The number of nitrogens with zero attached hydrogens (tertiary/aromatic N) is 1. The number of amides is 2. The summed E-state index contributed by atoms with van der Waals surface area (Å²) in [6.45, 7) is 0.0715. The minimum atomic E-state index is -1.01. The van der Waals surface area contributed by atoms with Crippen LogP contribution < -0.4 is 21.9 Å². The lowest BCUT2D eigenvalue weighted by Crippen LogP contribution is -2.30. The van der Waals surface area contributed by atoms with Gasteiger partial charge in [-0.25, -0.2) is 4.79 Å². The topological polar surface area (TPSA) is 157 Å². The largest absolute Gasteiger partial charge is 0.494 e. The van der Waals surface area contributed by atoms with Crippen molar-refractivity contribution in [1.82, 2.24) is 15.3 Å². The number of rotatable bonds is 3. The lowest BCUT2D eigenvalue weighted by Gasteiger charge is -2.07. The Morgan fingerprint density at radius 2 is 1.83 bits per heavy atom. The molecule has 1 aromatic carbocycles. The number of hydrogen-bond acceptors (Lipinski definition) is 6. The first-order chi connectivity index (χ1) is 11.4. The Balaban J connectivity index is 1.79. The van der Waals surface area contributed by atoms with E-state index in [0.29, 0.717) is 17.1 Å². The van der Waals surface area contributed by atoms with Gasteiger partial charge in [0.15, 0.2) is 5.56 Å². The van der Waals surface area contributed by atoms with Gasteiger partial charge in [-0.3, -0.25) is 29.3 Å². The molecule has 10 heteroatoms. The maximum Gasteiger partial charge on any atom is 0.328 e. The Labute approximate surface area is 133 Å². The first-order valence-corrected chi connectivity index (χ1v) is 6.75. The van der Waals surface area contributed by atoms with Gasteiger partial charge in [0, 0.05) is 11.3 Å². The van der Waals surface area contributed by atoms with Crippen molar-refractivity contribution in [2.45, 2.75) is 0 Å². The predicted molar refractivity (Wildman–Crippen MR) is 83.3 cm³/mol. The minimum Gasteiger partial charge on any atom is -0.494 e. The third-order valence-corrected chi connectivity index (χ3v) is 3.20. The number of benzene rings is 1. The lowest BCUT2D eigenvalue weighted by atomic mass is 10.2. The number of aromatic hydroxyl groups is 1. The average Bonchev–Trinajstić information content (AvgIpc) is 2.93. The molecule has 1 aliphatic heterocycles. The molecule has 2 amide bonds. The van der Waals surface area contributed by atoms with E-state index >= 15 is 0 Å². The molecule has 1 aromatic heterocycles. The fourth-order valence-corrected chi connectivity index (χ4v) is 2.12. The van der Waals surface area contributed by atoms with Crippen LogP contribution in [0.4, 0.5) is 5.69 Å². The molecule has 0 unspecified atom stereocenters. The number of hydrogen-bond donors (Lipinski definition) is 5. The van der Waals surface area contributed by atoms with Crippen LogP contribution in [-0.4, -0.2) is 39.3 Å². The minimum absolute atomic E-state index is 0.0715. The third kappa shape index (κ3) is 2.92. The zero-order valence-electron chi connectivity index (χ0n) is 12.0. The highest BCUT2D eigenvalue weighted by Crippen LogP contribution is 2.13. The number of anilines is 1. The summed E-state index contributed by atoms with van der Waals surface area (Å²) < 4.78 is 0. The summed E-state index contributed by atoms with van der Waals surface area (Å²) in [5.74, 6) is -1.46. The molecule has 0 atom stereocenters. The molecule has 3 rings (SSSR count). The molecule has 122 valence electrons. The van der Waals surface area contributed by atoms with E-state index in [4.69, 9.17) is 0 Å². The first kappa shape index (κ1) is 15.2. The molecule has 0 aliphatic carbocycles. The van der Waals surface area contributed by atoms with Crippen molar-refractivity contribution in [2.24, 2.45) is 4.99 Å². The second-order valence-corrected chi connectivity index (χ2v) is 4.88. The molecule has 24 heavy (non-hydrogen) atoms. The Bertz CT molecular complexity index is 970. The molecule has 0 saturated carbocycles. The van der Waals surface area contributed by atoms with Crippen LogP contribution in [0.2, 0.25) is 0 Å². The van der Waals surface area contributed by atoms with Crippen molar-refractivity contribution in [3.05, 3.63) is 56.2 Å². The Morgan fingerprint density at radius 3 is 2.42 bits per heavy atom. The van der Waals surface area contributed by atoms with Crippen LogP contribution in [0.5, 0.6) is 5.88 Å². The number of aliphatic imine (C=N–C) groups is 1. The summed E-state index contributed by atoms with van der Waals surface area (Å²) in [4.78, 5) is 53.6. The maximum atomic E-state index is 12.1. The van der Waals surface area contributed by atoms with Crippen molar-refractivity contribution in [3.8, 4) is 5.88 Å². The molecule has 0 bridgehead atoms. The average molecular weight is 329 g/mol. The van der Waals surface area contributed by atoms with E-state index in [0.717, 1.165) is 0 Å². The summed E-state index contributed by atoms with van der Waals surface area (Å²) in [6.07, 6.45) is 0. The number of carbonyl (C=O) groups excluding carboxylic acids is 2. The van der Waals surface area contributed by atoms with Crippen LogP contribution >= 0.6 is 0 Å². The van der Waals surface area contributed by atoms with E-state index in [9.17, 15) is 24.3 Å². The molecule has 0 spiro atoms. The zero-order chi connectivity index (χ0) is 17.3. The predicted octanol–water partition coefficient (Wildman–Crippen LogP) is -1.10. The molecular weight excluding hydrogens is 318 g/mol. The summed E-state index contributed by atoms with van der Waals surface area (Å²) in [5, 5.41) is 14.5. The number of H-pyrrole nitrogens is 2. The fourth-order valence-electron chi connectivity index (χ4n) is 2.12. The normalized spacial score (nSPS) is 13.3. The van der Waals surface area contributed by atoms with Crippen LogP contribution in [-0.2, 0) is 4.79 Å². The van der Waals surface area contributed by atoms with Crippen molar-refractivity contribution >= 4 is 23.3 Å². The van der Waals surface area contributed by atoms with Gasteiger partial charge in [-0.2, -0.15) is 0 Å². The van der Waals surface area contributed by atoms with Gasteiger partial charge in [-0.05, 0) is 24.3 Å². The molecule has 0 fully saturated rings. The van der Waals surface area contributed by atoms with Crippen molar-refractivity contribution in [2.75, 3.05) is 11.9 Å². The fraction of sp³-hybridized carbons (Fsp3) is 0.0714. The molecule has 0 radical (unpaired) electrons. The van der Waals surface area contributed by atoms with Crippen molar-refractivity contribution < 1.29 is 14.7 Å². The van der Waals surface area contributed by atoms with E-state index in [1.807, 2.05) is 9.97 Å². The quantitative estimate of drug-likeness (QED) is 0.483. The van der Waals surface area contributed by atoms with E-state index in [2.05, 4.69) is 15.6 Å². The smallest absolute Gasteiger partial charge is 0.328 e. The van der Waals surface area contributed by atoms with Crippen LogP contribution in [0.1, 0.15) is 15.9 Å². The maximum absolute atomic E-state index is 12.1. The number of nitrogens with one attached hydrogen (secondary N) is 4. The van der Waals surface area contributed by atoms with Gasteiger partial charge in [-0.15, -0.1) is 0 Å². The van der Waals surface area contributed by atoms with Gasteiger partial charge in [0.05, 0.1) is 0 Å². The Morgan fingerprint density at radius 1 is 1.12 bits per heavy atom. The Hall–Kier alpha value is -3.69. The van der Waals surface area contributed by atoms with Gasteiger partial charge in [0.25, 0.3) is 11.5 Å². The number of amidine groups is 1. The Kier molecular flexibility index (Phi) is 3.70. The van der Waals surface area contributed by atoms with E-state index in [1.165, 1.54) is 12.1 Å². The highest BCUT2D eigenvalue weighted by molar-refractivity contribution is 6.12. The second-order valence-electron chi connectivity index (χ2n) is 4.88. The van der Waals surface area contributed by atoms with Crippen LogP contribution in [0.15, 0.2) is 38.8 Å².